The predicted octanol–water partition coefficient (Wildman–Crippen LogP) is 9.43. The van der Waals surface area contributed by atoms with E-state index in [9.17, 15) is 0 Å². The van der Waals surface area contributed by atoms with E-state index in [1.54, 1.807) is 0 Å². The molecule has 0 fully saturated rings. The molecule has 0 radical (unpaired) electrons. The fourth-order valence-corrected chi connectivity index (χ4v) is 7.54. The summed E-state index contributed by atoms with van der Waals surface area (Å²) in [6, 6.07) is 52.3. The normalized spacial score (nSPS) is 18.2. The largest absolute Gasteiger partial charge is 0.350 e. The number of aromatic nitrogens is 1. The van der Waals surface area contributed by atoms with Crippen molar-refractivity contribution >= 4 is 27.6 Å². The molecule has 0 saturated carbocycles. The third kappa shape index (κ3) is 4.14. The molecule has 2 N–H and O–H groups in total. The maximum atomic E-state index is 5.15. The highest BCUT2D eigenvalue weighted by atomic mass is 15.3. The van der Waals surface area contributed by atoms with Crippen molar-refractivity contribution < 1.29 is 0 Å². The molecule has 2 heterocycles. The zero-order valence-corrected chi connectivity index (χ0v) is 25.9. The lowest BCUT2D eigenvalue weighted by atomic mass is 9.82. The number of rotatable bonds is 4. The van der Waals surface area contributed by atoms with E-state index in [1.165, 1.54) is 49.6 Å². The highest BCUT2D eigenvalue weighted by Crippen LogP contribution is 2.50. The first-order valence-corrected chi connectivity index (χ1v) is 16.0. The van der Waals surface area contributed by atoms with Crippen LogP contribution >= 0.6 is 0 Å². The standard InChI is InChI=1S/C42H34N4/c1-42(2)35-19-11-9-17-31(35)33-25-34-32-18-10-12-20-37(32)46(38(34)26-36(33)42)30-23-21-29(22-24-30)41-44-39(27-13-5-3-6-14-27)43-40(45-41)28-15-7-4-8-16-28/h3-26,39-40,43H,1-2H3,(H,44,45). The Hall–Kier alpha value is -5.45. The molecule has 0 bridgehead atoms. The van der Waals surface area contributed by atoms with Crippen molar-refractivity contribution in [3.8, 4) is 16.8 Å². The van der Waals surface area contributed by atoms with Crippen molar-refractivity contribution in [3.05, 3.63) is 173 Å². The van der Waals surface area contributed by atoms with Crippen LogP contribution in [0.4, 0.5) is 0 Å². The van der Waals surface area contributed by atoms with Gasteiger partial charge in [0.15, 0.2) is 0 Å². The lowest BCUT2D eigenvalue weighted by Crippen LogP contribution is -2.44. The number of para-hydroxylation sites is 1. The molecule has 2 unspecified atom stereocenters. The Balaban J connectivity index is 1.16. The lowest BCUT2D eigenvalue weighted by molar-refractivity contribution is 0.409. The minimum atomic E-state index is -0.158. The molecule has 1 aliphatic heterocycles. The molecule has 0 spiro atoms. The van der Waals surface area contributed by atoms with Crippen LogP contribution in [0.1, 0.15) is 54.0 Å². The van der Waals surface area contributed by atoms with Crippen LogP contribution in [0.5, 0.6) is 0 Å². The molecule has 6 aromatic carbocycles. The Bertz CT molecular complexity index is 2280. The van der Waals surface area contributed by atoms with Gasteiger partial charge in [-0.15, -0.1) is 0 Å². The first kappa shape index (κ1) is 26.9. The number of fused-ring (bicyclic) bond motifs is 6. The van der Waals surface area contributed by atoms with Gasteiger partial charge in [-0.1, -0.05) is 117 Å². The van der Waals surface area contributed by atoms with Gasteiger partial charge in [0.1, 0.15) is 18.2 Å². The minimum Gasteiger partial charge on any atom is -0.350 e. The van der Waals surface area contributed by atoms with Crippen LogP contribution < -0.4 is 10.6 Å². The molecule has 0 saturated heterocycles. The second-order valence-electron chi connectivity index (χ2n) is 12.9. The maximum absolute atomic E-state index is 5.15. The zero-order chi connectivity index (χ0) is 30.8. The first-order valence-electron chi connectivity index (χ1n) is 16.0. The lowest BCUT2D eigenvalue weighted by Gasteiger charge is -2.32. The van der Waals surface area contributed by atoms with Gasteiger partial charge in [-0.2, -0.15) is 0 Å². The summed E-state index contributed by atoms with van der Waals surface area (Å²) in [7, 11) is 0. The van der Waals surface area contributed by atoms with Crippen molar-refractivity contribution in [2.45, 2.75) is 31.6 Å². The third-order valence-corrected chi connectivity index (χ3v) is 9.89. The van der Waals surface area contributed by atoms with E-state index in [1.807, 2.05) is 6.07 Å². The summed E-state index contributed by atoms with van der Waals surface area (Å²) in [6.07, 6.45) is -0.222. The minimum absolute atomic E-state index is 0.0608. The predicted molar refractivity (Wildman–Crippen MR) is 190 cm³/mol. The second kappa shape index (κ2) is 10.3. The van der Waals surface area contributed by atoms with E-state index in [0.29, 0.717) is 0 Å². The number of nitrogens with zero attached hydrogens (tertiary/aromatic N) is 2. The summed E-state index contributed by atoms with van der Waals surface area (Å²) in [6.45, 7) is 4.70. The third-order valence-electron chi connectivity index (χ3n) is 9.89. The van der Waals surface area contributed by atoms with Crippen molar-refractivity contribution in [2.24, 2.45) is 4.99 Å². The molecule has 4 nitrogen and oxygen atoms in total. The van der Waals surface area contributed by atoms with Gasteiger partial charge in [-0.05, 0) is 75.8 Å². The molecule has 222 valence electrons. The molecule has 1 aromatic heterocycles. The molecular weight excluding hydrogens is 560 g/mol. The van der Waals surface area contributed by atoms with Crippen LogP contribution in [0, 0.1) is 0 Å². The Morgan fingerprint density at radius 2 is 1.26 bits per heavy atom. The average Bonchev–Trinajstić information content (AvgIpc) is 3.56. The van der Waals surface area contributed by atoms with E-state index >= 15 is 0 Å². The average molecular weight is 595 g/mol. The summed E-state index contributed by atoms with van der Waals surface area (Å²) in [5.41, 5.74) is 12.4. The molecule has 7 aromatic rings. The van der Waals surface area contributed by atoms with Crippen molar-refractivity contribution in [1.29, 1.82) is 0 Å². The quantitative estimate of drug-likeness (QED) is 0.213. The Kier molecular flexibility index (Phi) is 6.02. The smallest absolute Gasteiger partial charge is 0.131 e. The van der Waals surface area contributed by atoms with E-state index < -0.39 is 0 Å². The highest BCUT2D eigenvalue weighted by molar-refractivity contribution is 6.11. The van der Waals surface area contributed by atoms with Crippen LogP contribution in [-0.4, -0.2) is 10.4 Å². The summed E-state index contributed by atoms with van der Waals surface area (Å²) < 4.78 is 2.42. The van der Waals surface area contributed by atoms with E-state index in [4.69, 9.17) is 4.99 Å². The molecular formula is C42H34N4. The van der Waals surface area contributed by atoms with Gasteiger partial charge in [0.25, 0.3) is 0 Å². The molecule has 46 heavy (non-hydrogen) atoms. The number of aliphatic imine (C=N–C) groups is 1. The van der Waals surface area contributed by atoms with E-state index in [0.717, 1.165) is 22.6 Å². The molecule has 9 rings (SSSR count). The van der Waals surface area contributed by atoms with Crippen molar-refractivity contribution in [3.63, 3.8) is 0 Å². The highest BCUT2D eigenvalue weighted by Gasteiger charge is 2.36. The van der Waals surface area contributed by atoms with Gasteiger partial charge in [-0.3, -0.25) is 5.32 Å². The van der Waals surface area contributed by atoms with Gasteiger partial charge in [0.05, 0.1) is 11.0 Å². The maximum Gasteiger partial charge on any atom is 0.131 e. The van der Waals surface area contributed by atoms with Gasteiger partial charge in [-0.25, -0.2) is 4.99 Å². The monoisotopic (exact) mass is 594 g/mol. The number of amidine groups is 1. The SMILES string of the molecule is CC1(C)c2ccccc2-c2cc3c4ccccc4n(-c4ccc(C5=NC(c6ccccc6)NC(c6ccccc6)N5)cc4)c3cc21. The van der Waals surface area contributed by atoms with Gasteiger partial charge in [0, 0.05) is 27.4 Å². The zero-order valence-electron chi connectivity index (χ0n) is 25.9. The molecule has 1 aliphatic carbocycles. The Morgan fingerprint density at radius 3 is 2.04 bits per heavy atom. The summed E-state index contributed by atoms with van der Waals surface area (Å²) in [5, 5.41) is 9.92. The first-order chi connectivity index (χ1) is 22.6. The molecule has 2 aliphatic rings. The van der Waals surface area contributed by atoms with Crippen LogP contribution in [0.15, 0.2) is 151 Å². The van der Waals surface area contributed by atoms with Crippen molar-refractivity contribution in [2.75, 3.05) is 0 Å². The Labute approximate surface area is 269 Å². The van der Waals surface area contributed by atoms with Gasteiger partial charge in [0.2, 0.25) is 0 Å². The number of benzene rings is 6. The Morgan fingerprint density at radius 1 is 0.587 bits per heavy atom. The number of nitrogens with one attached hydrogen (secondary N) is 2. The van der Waals surface area contributed by atoms with Gasteiger partial charge < -0.3 is 9.88 Å². The van der Waals surface area contributed by atoms with E-state index in [-0.39, 0.29) is 17.7 Å². The number of hydrogen-bond donors (Lipinski definition) is 2. The molecule has 0 amide bonds. The fourth-order valence-electron chi connectivity index (χ4n) is 7.54. The fraction of sp³-hybridized carbons (Fsp3) is 0.119. The van der Waals surface area contributed by atoms with Crippen LogP contribution in [0.3, 0.4) is 0 Å². The van der Waals surface area contributed by atoms with Crippen LogP contribution in [-0.2, 0) is 5.41 Å². The van der Waals surface area contributed by atoms with E-state index in [2.05, 4.69) is 169 Å². The molecule has 2 atom stereocenters. The van der Waals surface area contributed by atoms with Crippen LogP contribution in [0.25, 0.3) is 38.6 Å². The second-order valence-corrected chi connectivity index (χ2v) is 12.9. The number of hydrogen-bond acceptors (Lipinski definition) is 3. The summed E-state index contributed by atoms with van der Waals surface area (Å²) in [4.78, 5) is 5.15. The van der Waals surface area contributed by atoms with Crippen molar-refractivity contribution in [1.82, 2.24) is 15.2 Å². The summed E-state index contributed by atoms with van der Waals surface area (Å²) in [5.74, 6) is 0.882. The van der Waals surface area contributed by atoms with Crippen LogP contribution in [0.2, 0.25) is 0 Å². The molecule has 4 heteroatoms. The summed E-state index contributed by atoms with van der Waals surface area (Å²) >= 11 is 0. The topological polar surface area (TPSA) is 41.4 Å². The van der Waals surface area contributed by atoms with Gasteiger partial charge >= 0.3 is 0 Å².